The number of ether oxygens (including phenoxy) is 2. The van der Waals surface area contributed by atoms with Gasteiger partial charge in [-0.05, 0) is 55.2 Å². The molecule has 1 atom stereocenters. The molecule has 0 bridgehead atoms. The lowest BCUT2D eigenvalue weighted by Crippen LogP contribution is -2.50. The summed E-state index contributed by atoms with van der Waals surface area (Å²) in [5.74, 6) is 1.53. The molecule has 5 nitrogen and oxygen atoms in total. The van der Waals surface area contributed by atoms with Gasteiger partial charge in [-0.2, -0.15) is 5.26 Å². The second-order valence-electron chi connectivity index (χ2n) is 7.81. The zero-order valence-electron chi connectivity index (χ0n) is 16.6. The lowest BCUT2D eigenvalue weighted by molar-refractivity contribution is -0.0537. The molecule has 0 amide bonds. The standard InChI is InChI=1S/C23H26N2O3.ClH/c1-27-19-6-7-22-20(14-19)21(26)15-23(28-22)9-12-25(13-10-23)11-8-17-2-4-18(16-24)5-3-17;/h2-7,14,21,26H,8-13,15H2,1H3;1H/t21-;/m1./s1. The van der Waals surface area contributed by atoms with Crippen molar-refractivity contribution in [1.82, 2.24) is 4.90 Å². The Bertz CT molecular complexity index is 871. The first-order valence-corrected chi connectivity index (χ1v) is 9.87. The predicted octanol–water partition coefficient (Wildman–Crippen LogP) is 3.88. The van der Waals surface area contributed by atoms with E-state index in [4.69, 9.17) is 14.7 Å². The number of methoxy groups -OCH3 is 1. The number of fused-ring (bicyclic) bond motifs is 1. The zero-order chi connectivity index (χ0) is 19.6. The Kier molecular flexibility index (Phi) is 6.69. The van der Waals surface area contributed by atoms with Crippen molar-refractivity contribution in [2.24, 2.45) is 0 Å². The van der Waals surface area contributed by atoms with E-state index in [1.165, 1.54) is 5.56 Å². The molecule has 4 rings (SSSR count). The van der Waals surface area contributed by atoms with Gasteiger partial charge in [0.1, 0.15) is 17.1 Å². The molecule has 2 aliphatic heterocycles. The molecule has 2 aromatic carbocycles. The van der Waals surface area contributed by atoms with Crippen molar-refractivity contribution >= 4 is 12.4 Å². The third-order valence-electron chi connectivity index (χ3n) is 6.03. The summed E-state index contributed by atoms with van der Waals surface area (Å²) < 4.78 is 11.7. The number of aliphatic hydroxyl groups is 1. The average molecular weight is 415 g/mol. The van der Waals surface area contributed by atoms with Gasteiger partial charge in [-0.15, -0.1) is 12.4 Å². The molecule has 0 saturated carbocycles. The minimum Gasteiger partial charge on any atom is -0.497 e. The van der Waals surface area contributed by atoms with Crippen molar-refractivity contribution in [1.29, 1.82) is 5.26 Å². The summed E-state index contributed by atoms with van der Waals surface area (Å²) in [4.78, 5) is 2.46. The number of hydrogen-bond donors (Lipinski definition) is 1. The summed E-state index contributed by atoms with van der Waals surface area (Å²) in [6.07, 6.45) is 2.94. The SMILES string of the molecule is COc1ccc2c(c1)[C@H](O)CC1(CCN(CCc3ccc(C#N)cc3)CC1)O2.Cl. The van der Waals surface area contributed by atoms with E-state index in [9.17, 15) is 5.11 Å². The molecule has 0 radical (unpaired) electrons. The number of benzene rings is 2. The van der Waals surface area contributed by atoms with E-state index in [2.05, 4.69) is 11.0 Å². The van der Waals surface area contributed by atoms with Crippen LogP contribution in [-0.2, 0) is 6.42 Å². The van der Waals surface area contributed by atoms with E-state index in [-0.39, 0.29) is 18.0 Å². The van der Waals surface area contributed by atoms with Gasteiger partial charge in [0.25, 0.3) is 0 Å². The summed E-state index contributed by atoms with van der Waals surface area (Å²) in [6, 6.07) is 15.7. The number of likely N-dealkylation sites (tertiary alicyclic amines) is 1. The summed E-state index contributed by atoms with van der Waals surface area (Å²) >= 11 is 0. The Morgan fingerprint density at radius 1 is 1.21 bits per heavy atom. The van der Waals surface area contributed by atoms with Crippen LogP contribution in [0.2, 0.25) is 0 Å². The highest BCUT2D eigenvalue weighted by atomic mass is 35.5. The molecule has 0 unspecified atom stereocenters. The molecular formula is C23H27ClN2O3. The van der Waals surface area contributed by atoms with E-state index in [0.717, 1.165) is 56.0 Å². The fourth-order valence-electron chi connectivity index (χ4n) is 4.27. The van der Waals surface area contributed by atoms with Crippen LogP contribution >= 0.6 is 12.4 Å². The van der Waals surface area contributed by atoms with Crippen LogP contribution in [-0.4, -0.2) is 42.4 Å². The molecule has 2 heterocycles. The number of rotatable bonds is 4. The quantitative estimate of drug-likeness (QED) is 0.822. The molecule has 1 N–H and O–H groups in total. The Morgan fingerprint density at radius 3 is 2.59 bits per heavy atom. The van der Waals surface area contributed by atoms with Crippen LogP contribution in [0.1, 0.15) is 42.1 Å². The van der Waals surface area contributed by atoms with Crippen LogP contribution in [0.25, 0.3) is 0 Å². The normalized spacial score (nSPS) is 20.1. The topological polar surface area (TPSA) is 65.7 Å². The zero-order valence-corrected chi connectivity index (χ0v) is 17.5. The third kappa shape index (κ3) is 4.67. The maximum atomic E-state index is 10.7. The first-order valence-electron chi connectivity index (χ1n) is 9.87. The van der Waals surface area contributed by atoms with E-state index in [1.54, 1.807) is 7.11 Å². The lowest BCUT2D eigenvalue weighted by Gasteiger charge is -2.46. The van der Waals surface area contributed by atoms with Crippen molar-refractivity contribution < 1.29 is 14.6 Å². The summed E-state index contributed by atoms with van der Waals surface area (Å²) in [5, 5.41) is 19.6. The fourth-order valence-corrected chi connectivity index (χ4v) is 4.27. The fraction of sp³-hybridized carbons (Fsp3) is 0.435. The Labute approximate surface area is 178 Å². The van der Waals surface area contributed by atoms with Gasteiger partial charge in [0.05, 0.1) is 24.8 Å². The van der Waals surface area contributed by atoms with Crippen molar-refractivity contribution in [3.05, 3.63) is 59.2 Å². The Hall–Kier alpha value is -2.26. The monoisotopic (exact) mass is 414 g/mol. The molecule has 2 aromatic rings. The molecule has 1 spiro atoms. The largest absolute Gasteiger partial charge is 0.497 e. The van der Waals surface area contributed by atoms with E-state index >= 15 is 0 Å². The second kappa shape index (κ2) is 9.04. The van der Waals surface area contributed by atoms with Gasteiger partial charge in [0.15, 0.2) is 0 Å². The Balaban J connectivity index is 0.00000240. The number of nitriles is 1. The maximum absolute atomic E-state index is 10.7. The second-order valence-corrected chi connectivity index (χ2v) is 7.81. The molecule has 1 fully saturated rings. The number of nitrogens with zero attached hydrogens (tertiary/aromatic N) is 2. The molecule has 29 heavy (non-hydrogen) atoms. The summed E-state index contributed by atoms with van der Waals surface area (Å²) in [5.41, 5.74) is 2.51. The van der Waals surface area contributed by atoms with Gasteiger partial charge < -0.3 is 19.5 Å². The van der Waals surface area contributed by atoms with Crippen molar-refractivity contribution in [2.75, 3.05) is 26.7 Å². The van der Waals surface area contributed by atoms with Gasteiger partial charge in [-0.25, -0.2) is 0 Å². The highest BCUT2D eigenvalue weighted by molar-refractivity contribution is 5.85. The lowest BCUT2D eigenvalue weighted by atomic mass is 9.81. The van der Waals surface area contributed by atoms with E-state index in [1.807, 2.05) is 42.5 Å². The van der Waals surface area contributed by atoms with Gasteiger partial charge in [-0.3, -0.25) is 0 Å². The van der Waals surface area contributed by atoms with Crippen molar-refractivity contribution in [3.63, 3.8) is 0 Å². The first kappa shape index (κ1) is 21.4. The van der Waals surface area contributed by atoms with E-state index in [0.29, 0.717) is 12.0 Å². The van der Waals surface area contributed by atoms with Crippen LogP contribution in [0.4, 0.5) is 0 Å². The van der Waals surface area contributed by atoms with Crippen LogP contribution in [0.3, 0.4) is 0 Å². The molecular weight excluding hydrogens is 388 g/mol. The molecule has 0 aromatic heterocycles. The molecule has 2 aliphatic rings. The number of aliphatic hydroxyl groups excluding tert-OH is 1. The average Bonchev–Trinajstić information content (AvgIpc) is 2.73. The van der Waals surface area contributed by atoms with Crippen LogP contribution in [0.5, 0.6) is 11.5 Å². The maximum Gasteiger partial charge on any atom is 0.126 e. The highest BCUT2D eigenvalue weighted by Gasteiger charge is 2.42. The number of halogens is 1. The first-order chi connectivity index (χ1) is 13.6. The predicted molar refractivity (Wildman–Crippen MR) is 114 cm³/mol. The minimum atomic E-state index is -0.510. The Morgan fingerprint density at radius 2 is 1.93 bits per heavy atom. The highest BCUT2D eigenvalue weighted by Crippen LogP contribution is 2.45. The summed E-state index contributed by atoms with van der Waals surface area (Å²) in [6.45, 7) is 2.93. The summed E-state index contributed by atoms with van der Waals surface area (Å²) in [7, 11) is 1.63. The van der Waals surface area contributed by atoms with Gasteiger partial charge in [0, 0.05) is 31.6 Å². The van der Waals surface area contributed by atoms with Crippen LogP contribution < -0.4 is 9.47 Å². The third-order valence-corrected chi connectivity index (χ3v) is 6.03. The number of hydrogen-bond acceptors (Lipinski definition) is 5. The van der Waals surface area contributed by atoms with Crippen LogP contribution in [0, 0.1) is 11.3 Å². The molecule has 0 aliphatic carbocycles. The minimum absolute atomic E-state index is 0. The molecule has 154 valence electrons. The number of piperidine rings is 1. The van der Waals surface area contributed by atoms with E-state index < -0.39 is 6.10 Å². The van der Waals surface area contributed by atoms with Gasteiger partial charge in [0.2, 0.25) is 0 Å². The molecule has 6 heteroatoms. The van der Waals surface area contributed by atoms with Crippen LogP contribution in [0.15, 0.2) is 42.5 Å². The van der Waals surface area contributed by atoms with Crippen molar-refractivity contribution in [2.45, 2.75) is 37.4 Å². The van der Waals surface area contributed by atoms with Crippen molar-refractivity contribution in [3.8, 4) is 17.6 Å². The molecule has 1 saturated heterocycles. The smallest absolute Gasteiger partial charge is 0.126 e. The van der Waals surface area contributed by atoms with Gasteiger partial charge in [-0.1, -0.05) is 12.1 Å². The van der Waals surface area contributed by atoms with Gasteiger partial charge >= 0.3 is 0 Å².